The molecule has 0 saturated heterocycles. The molecule has 2 atom stereocenters. The average molecular weight is 341 g/mol. The van der Waals surface area contributed by atoms with E-state index in [1.807, 2.05) is 0 Å². The first-order valence-electron chi connectivity index (χ1n) is 7.98. The molecular weight excluding hydrogens is 317 g/mol. The lowest BCUT2D eigenvalue weighted by Gasteiger charge is -2.37. The molecule has 0 aromatic heterocycles. The van der Waals surface area contributed by atoms with E-state index in [4.69, 9.17) is 0 Å². The Morgan fingerprint density at radius 2 is 2.00 bits per heavy atom. The number of hydrogen-bond donors (Lipinski definition) is 0. The summed E-state index contributed by atoms with van der Waals surface area (Å²) in [6.07, 6.45) is 5.13. The van der Waals surface area contributed by atoms with Crippen molar-refractivity contribution in [2.45, 2.75) is 49.8 Å². The SMILES string of the molecule is CN(C(=O)CCc1cccc(F)c1)[C@H]1CCCC[C@H]1S(C)(=O)=O. The van der Waals surface area contributed by atoms with Crippen molar-refractivity contribution in [1.29, 1.82) is 0 Å². The van der Waals surface area contributed by atoms with Crippen LogP contribution in [0.15, 0.2) is 24.3 Å². The molecule has 1 aromatic carbocycles. The fraction of sp³-hybridized carbons (Fsp3) is 0.588. The summed E-state index contributed by atoms with van der Waals surface area (Å²) in [6.45, 7) is 0. The van der Waals surface area contributed by atoms with Crippen molar-refractivity contribution in [3.8, 4) is 0 Å². The minimum atomic E-state index is -3.17. The second kappa shape index (κ2) is 7.43. The Balaban J connectivity index is 2.00. The number of rotatable bonds is 5. The van der Waals surface area contributed by atoms with Crippen LogP contribution in [0, 0.1) is 5.82 Å². The maximum atomic E-state index is 13.2. The van der Waals surface area contributed by atoms with Crippen LogP contribution < -0.4 is 0 Å². The van der Waals surface area contributed by atoms with E-state index in [1.54, 1.807) is 24.1 Å². The standard InChI is InChI=1S/C17H24FNO3S/c1-19(15-8-3-4-9-16(15)23(2,21)22)17(20)11-10-13-6-5-7-14(18)12-13/h5-7,12,15-16H,3-4,8-11H2,1-2H3/t15-,16+/m0/s1. The third-order valence-electron chi connectivity index (χ3n) is 4.63. The molecule has 4 nitrogen and oxygen atoms in total. The summed E-state index contributed by atoms with van der Waals surface area (Å²) in [5.41, 5.74) is 0.773. The predicted octanol–water partition coefficient (Wildman–Crippen LogP) is 2.57. The van der Waals surface area contributed by atoms with Crippen molar-refractivity contribution < 1.29 is 17.6 Å². The Bertz CT molecular complexity index is 660. The Morgan fingerprint density at radius 1 is 1.30 bits per heavy atom. The molecule has 0 N–H and O–H groups in total. The molecule has 1 aliphatic carbocycles. The molecule has 0 bridgehead atoms. The largest absolute Gasteiger partial charge is 0.341 e. The highest BCUT2D eigenvalue weighted by atomic mass is 32.2. The van der Waals surface area contributed by atoms with Gasteiger partial charge in [0.15, 0.2) is 9.84 Å². The molecule has 1 saturated carbocycles. The van der Waals surface area contributed by atoms with Crippen molar-refractivity contribution in [2.24, 2.45) is 0 Å². The lowest BCUT2D eigenvalue weighted by Crippen LogP contribution is -2.49. The van der Waals surface area contributed by atoms with Gasteiger partial charge in [-0.3, -0.25) is 4.79 Å². The van der Waals surface area contributed by atoms with Gasteiger partial charge >= 0.3 is 0 Å². The van der Waals surface area contributed by atoms with Gasteiger partial charge in [0.25, 0.3) is 0 Å². The molecule has 2 rings (SSSR count). The van der Waals surface area contributed by atoms with Gasteiger partial charge in [0, 0.05) is 25.8 Å². The van der Waals surface area contributed by atoms with E-state index in [-0.39, 0.29) is 24.2 Å². The van der Waals surface area contributed by atoms with Crippen LogP contribution in [0.4, 0.5) is 4.39 Å². The van der Waals surface area contributed by atoms with E-state index >= 15 is 0 Å². The van der Waals surface area contributed by atoms with Crippen LogP contribution >= 0.6 is 0 Å². The quantitative estimate of drug-likeness (QED) is 0.827. The topological polar surface area (TPSA) is 54.5 Å². The fourth-order valence-electron chi connectivity index (χ4n) is 3.32. The smallest absolute Gasteiger partial charge is 0.222 e. The Hall–Kier alpha value is -1.43. The van der Waals surface area contributed by atoms with Crippen LogP contribution in [0.5, 0.6) is 0 Å². The summed E-state index contributed by atoms with van der Waals surface area (Å²) in [5.74, 6) is -0.400. The van der Waals surface area contributed by atoms with Gasteiger partial charge in [0.2, 0.25) is 5.91 Å². The number of nitrogens with zero attached hydrogens (tertiary/aromatic N) is 1. The molecule has 0 heterocycles. The molecule has 0 unspecified atom stereocenters. The highest BCUT2D eigenvalue weighted by Gasteiger charge is 2.36. The van der Waals surface area contributed by atoms with E-state index in [0.29, 0.717) is 12.8 Å². The molecule has 1 aromatic rings. The number of hydrogen-bond acceptors (Lipinski definition) is 3. The minimum Gasteiger partial charge on any atom is -0.341 e. The number of sulfone groups is 1. The summed E-state index contributed by atoms with van der Waals surface area (Å²) in [7, 11) is -1.49. The van der Waals surface area contributed by atoms with Gasteiger partial charge in [-0.05, 0) is 37.0 Å². The zero-order chi connectivity index (χ0) is 17.0. The second-order valence-electron chi connectivity index (χ2n) is 6.35. The highest BCUT2D eigenvalue weighted by Crippen LogP contribution is 2.27. The molecule has 0 spiro atoms. The Kier molecular flexibility index (Phi) is 5.79. The Labute approximate surface area is 137 Å². The molecule has 1 fully saturated rings. The van der Waals surface area contributed by atoms with Gasteiger partial charge in [-0.15, -0.1) is 0 Å². The first-order chi connectivity index (χ1) is 10.8. The third kappa shape index (κ3) is 4.77. The van der Waals surface area contributed by atoms with Crippen molar-refractivity contribution in [2.75, 3.05) is 13.3 Å². The summed E-state index contributed by atoms with van der Waals surface area (Å²) in [4.78, 5) is 14.0. The molecule has 0 aliphatic heterocycles. The number of benzene rings is 1. The maximum absolute atomic E-state index is 13.2. The van der Waals surface area contributed by atoms with Gasteiger partial charge in [-0.1, -0.05) is 25.0 Å². The van der Waals surface area contributed by atoms with Crippen molar-refractivity contribution >= 4 is 15.7 Å². The zero-order valence-electron chi connectivity index (χ0n) is 13.7. The number of amides is 1. The van der Waals surface area contributed by atoms with E-state index in [1.165, 1.54) is 18.4 Å². The number of carbonyl (C=O) groups excluding carboxylic acids is 1. The van der Waals surface area contributed by atoms with Crippen molar-refractivity contribution in [3.05, 3.63) is 35.6 Å². The van der Waals surface area contributed by atoms with Gasteiger partial charge in [0.1, 0.15) is 5.82 Å². The fourth-order valence-corrected chi connectivity index (χ4v) is 4.81. The average Bonchev–Trinajstić information content (AvgIpc) is 2.51. The first-order valence-corrected chi connectivity index (χ1v) is 9.93. The monoisotopic (exact) mass is 341 g/mol. The number of carbonyl (C=O) groups is 1. The zero-order valence-corrected chi connectivity index (χ0v) is 14.5. The number of aryl methyl sites for hydroxylation is 1. The van der Waals surface area contributed by atoms with Crippen molar-refractivity contribution in [1.82, 2.24) is 4.90 Å². The van der Waals surface area contributed by atoms with Crippen LogP contribution in [0.25, 0.3) is 0 Å². The van der Waals surface area contributed by atoms with E-state index in [2.05, 4.69) is 0 Å². The van der Waals surface area contributed by atoms with Crippen molar-refractivity contribution in [3.63, 3.8) is 0 Å². The first kappa shape index (κ1) is 17.9. The lowest BCUT2D eigenvalue weighted by atomic mass is 9.93. The van der Waals surface area contributed by atoms with Gasteiger partial charge in [0.05, 0.1) is 5.25 Å². The van der Waals surface area contributed by atoms with Crippen LogP contribution in [-0.2, 0) is 21.1 Å². The van der Waals surface area contributed by atoms with Crippen LogP contribution in [0.3, 0.4) is 0 Å². The lowest BCUT2D eigenvalue weighted by molar-refractivity contribution is -0.132. The normalized spacial score (nSPS) is 21.9. The van der Waals surface area contributed by atoms with Crippen LogP contribution in [-0.4, -0.2) is 43.8 Å². The second-order valence-corrected chi connectivity index (χ2v) is 8.62. The van der Waals surface area contributed by atoms with Crippen LogP contribution in [0.1, 0.15) is 37.7 Å². The maximum Gasteiger partial charge on any atom is 0.222 e. The minimum absolute atomic E-state index is 0.0881. The third-order valence-corrected chi connectivity index (χ3v) is 6.27. The highest BCUT2D eigenvalue weighted by molar-refractivity contribution is 7.91. The molecule has 128 valence electrons. The van der Waals surface area contributed by atoms with Crippen LogP contribution in [0.2, 0.25) is 0 Å². The molecule has 0 radical (unpaired) electrons. The van der Waals surface area contributed by atoms with Gasteiger partial charge in [-0.2, -0.15) is 0 Å². The number of halogens is 1. The predicted molar refractivity (Wildman–Crippen MR) is 88.4 cm³/mol. The Morgan fingerprint density at radius 3 is 2.65 bits per heavy atom. The van der Waals surface area contributed by atoms with E-state index in [0.717, 1.165) is 24.8 Å². The summed E-state index contributed by atoms with van der Waals surface area (Å²) in [6, 6.07) is 5.96. The molecule has 23 heavy (non-hydrogen) atoms. The molecule has 1 aliphatic rings. The van der Waals surface area contributed by atoms with Gasteiger partial charge in [-0.25, -0.2) is 12.8 Å². The summed E-state index contributed by atoms with van der Waals surface area (Å²) in [5, 5.41) is -0.473. The molecule has 6 heteroatoms. The summed E-state index contributed by atoms with van der Waals surface area (Å²) < 4.78 is 37.1. The van der Waals surface area contributed by atoms with E-state index < -0.39 is 15.1 Å². The summed E-state index contributed by atoms with van der Waals surface area (Å²) >= 11 is 0. The molecule has 1 amide bonds. The molecular formula is C17H24FNO3S. The van der Waals surface area contributed by atoms with E-state index in [9.17, 15) is 17.6 Å². The van der Waals surface area contributed by atoms with Gasteiger partial charge < -0.3 is 4.90 Å².